The Kier molecular flexibility index (Phi) is 3.14. The van der Waals surface area contributed by atoms with E-state index >= 15 is 0 Å². The first-order valence-corrected chi connectivity index (χ1v) is 4.52. The number of nitrogens with zero attached hydrogens (tertiary/aromatic N) is 2. The normalized spacial score (nSPS) is 10.7. The number of imidazole rings is 1. The van der Waals surface area contributed by atoms with Crippen LogP contribution in [0.2, 0.25) is 0 Å². The lowest BCUT2D eigenvalue weighted by molar-refractivity contribution is 0.604. The Bertz CT molecular complexity index is 227. The molecule has 3 nitrogen and oxygen atoms in total. The molecule has 0 saturated carbocycles. The summed E-state index contributed by atoms with van der Waals surface area (Å²) >= 11 is 0. The summed E-state index contributed by atoms with van der Waals surface area (Å²) in [6.45, 7) is 7.44. The maximum absolute atomic E-state index is 4.23. The van der Waals surface area contributed by atoms with Gasteiger partial charge in [0.05, 0.1) is 0 Å². The summed E-state index contributed by atoms with van der Waals surface area (Å²) in [7, 11) is 0. The summed E-state index contributed by atoms with van der Waals surface area (Å²) in [6, 6.07) is 0.479. The number of anilines is 1. The summed E-state index contributed by atoms with van der Waals surface area (Å²) in [6.07, 6.45) is 4.96. The van der Waals surface area contributed by atoms with Gasteiger partial charge in [-0.1, -0.05) is 6.92 Å². The van der Waals surface area contributed by atoms with Crippen LogP contribution in [-0.2, 0) is 0 Å². The monoisotopic (exact) mass is 167 g/mol. The molecule has 0 aliphatic carbocycles. The van der Waals surface area contributed by atoms with Crippen LogP contribution < -0.4 is 5.32 Å². The van der Waals surface area contributed by atoms with Gasteiger partial charge < -0.3 is 9.88 Å². The number of nitrogens with one attached hydrogen (secondary N) is 1. The molecule has 0 fully saturated rings. The fourth-order valence-corrected chi connectivity index (χ4v) is 1.10. The van der Waals surface area contributed by atoms with E-state index in [0.717, 1.165) is 18.9 Å². The minimum atomic E-state index is 0.479. The first-order chi connectivity index (χ1) is 5.75. The molecule has 1 aromatic rings. The summed E-state index contributed by atoms with van der Waals surface area (Å²) < 4.78 is 2.13. The van der Waals surface area contributed by atoms with Crippen LogP contribution in [0, 0.1) is 0 Å². The molecule has 1 heterocycles. The summed E-state index contributed by atoms with van der Waals surface area (Å²) in [5.74, 6) is 0.979. The van der Waals surface area contributed by atoms with E-state index in [9.17, 15) is 0 Å². The molecule has 1 aromatic heterocycles. The van der Waals surface area contributed by atoms with Crippen molar-refractivity contribution in [3.63, 3.8) is 0 Å². The highest BCUT2D eigenvalue weighted by atomic mass is 15.2. The van der Waals surface area contributed by atoms with E-state index in [4.69, 9.17) is 0 Å². The van der Waals surface area contributed by atoms with Crippen molar-refractivity contribution in [2.45, 2.75) is 33.2 Å². The second kappa shape index (κ2) is 4.14. The van der Waals surface area contributed by atoms with Crippen molar-refractivity contribution in [3.05, 3.63) is 12.4 Å². The Morgan fingerprint density at radius 2 is 2.33 bits per heavy atom. The van der Waals surface area contributed by atoms with Crippen LogP contribution in [0.4, 0.5) is 5.95 Å². The molecule has 0 aliphatic heterocycles. The standard InChI is InChI=1S/C9H17N3/c1-4-5-10-9-11-6-7-12(9)8(2)3/h6-8H,4-5H2,1-3H3,(H,10,11). The van der Waals surface area contributed by atoms with Gasteiger partial charge in [0, 0.05) is 25.0 Å². The molecule has 0 atom stereocenters. The lowest BCUT2D eigenvalue weighted by Gasteiger charge is -2.11. The first kappa shape index (κ1) is 9.10. The molecule has 0 radical (unpaired) electrons. The van der Waals surface area contributed by atoms with Crippen LogP contribution in [0.25, 0.3) is 0 Å². The topological polar surface area (TPSA) is 29.9 Å². The van der Waals surface area contributed by atoms with E-state index in [-0.39, 0.29) is 0 Å². The SMILES string of the molecule is CCCNc1nccn1C(C)C. The van der Waals surface area contributed by atoms with E-state index in [0.29, 0.717) is 6.04 Å². The molecule has 1 N–H and O–H groups in total. The Morgan fingerprint density at radius 3 is 2.92 bits per heavy atom. The van der Waals surface area contributed by atoms with Gasteiger partial charge >= 0.3 is 0 Å². The van der Waals surface area contributed by atoms with Crippen molar-refractivity contribution in [1.82, 2.24) is 9.55 Å². The zero-order valence-corrected chi connectivity index (χ0v) is 8.04. The van der Waals surface area contributed by atoms with Crippen molar-refractivity contribution in [3.8, 4) is 0 Å². The zero-order chi connectivity index (χ0) is 8.97. The van der Waals surface area contributed by atoms with Gasteiger partial charge in [0.25, 0.3) is 0 Å². The van der Waals surface area contributed by atoms with E-state index in [1.165, 1.54) is 0 Å². The third-order valence-corrected chi connectivity index (χ3v) is 1.76. The van der Waals surface area contributed by atoms with Crippen LogP contribution in [0.1, 0.15) is 33.2 Å². The van der Waals surface area contributed by atoms with Crippen LogP contribution in [0.5, 0.6) is 0 Å². The van der Waals surface area contributed by atoms with Crippen molar-refractivity contribution in [1.29, 1.82) is 0 Å². The van der Waals surface area contributed by atoms with Crippen molar-refractivity contribution in [2.75, 3.05) is 11.9 Å². The molecule has 0 bridgehead atoms. The summed E-state index contributed by atoms with van der Waals surface area (Å²) in [5.41, 5.74) is 0. The minimum Gasteiger partial charge on any atom is -0.356 e. The molecule has 1 rings (SSSR count). The van der Waals surface area contributed by atoms with Gasteiger partial charge in [-0.05, 0) is 20.3 Å². The second-order valence-electron chi connectivity index (χ2n) is 3.18. The van der Waals surface area contributed by atoms with Gasteiger partial charge in [-0.3, -0.25) is 0 Å². The molecule has 0 aromatic carbocycles. The number of rotatable bonds is 4. The molecule has 0 saturated heterocycles. The third kappa shape index (κ3) is 2.00. The van der Waals surface area contributed by atoms with E-state index < -0.39 is 0 Å². The van der Waals surface area contributed by atoms with E-state index in [1.807, 2.05) is 12.4 Å². The van der Waals surface area contributed by atoms with Gasteiger partial charge in [-0.15, -0.1) is 0 Å². The summed E-state index contributed by atoms with van der Waals surface area (Å²) in [4.78, 5) is 4.23. The van der Waals surface area contributed by atoms with Gasteiger partial charge in [-0.2, -0.15) is 0 Å². The number of hydrogen-bond acceptors (Lipinski definition) is 2. The highest BCUT2D eigenvalue weighted by molar-refractivity contribution is 5.26. The molecule has 0 unspecified atom stereocenters. The largest absolute Gasteiger partial charge is 0.356 e. The van der Waals surface area contributed by atoms with Crippen LogP contribution in [-0.4, -0.2) is 16.1 Å². The maximum atomic E-state index is 4.23. The number of aromatic nitrogens is 2. The van der Waals surface area contributed by atoms with Crippen molar-refractivity contribution < 1.29 is 0 Å². The third-order valence-electron chi connectivity index (χ3n) is 1.76. The molecule has 12 heavy (non-hydrogen) atoms. The lowest BCUT2D eigenvalue weighted by atomic mass is 10.4. The van der Waals surface area contributed by atoms with Gasteiger partial charge in [-0.25, -0.2) is 4.98 Å². The highest BCUT2D eigenvalue weighted by Crippen LogP contribution is 2.11. The Hall–Kier alpha value is -0.990. The Morgan fingerprint density at radius 1 is 1.58 bits per heavy atom. The lowest BCUT2D eigenvalue weighted by Crippen LogP contribution is -2.09. The Labute approximate surface area is 73.8 Å². The van der Waals surface area contributed by atoms with E-state index in [1.54, 1.807) is 0 Å². The molecule has 0 spiro atoms. The van der Waals surface area contributed by atoms with Crippen molar-refractivity contribution in [2.24, 2.45) is 0 Å². The number of hydrogen-bond donors (Lipinski definition) is 1. The van der Waals surface area contributed by atoms with Crippen molar-refractivity contribution >= 4 is 5.95 Å². The molecule has 3 heteroatoms. The van der Waals surface area contributed by atoms with Gasteiger partial charge in [0.15, 0.2) is 0 Å². The first-order valence-electron chi connectivity index (χ1n) is 4.52. The van der Waals surface area contributed by atoms with Crippen LogP contribution in [0.15, 0.2) is 12.4 Å². The van der Waals surface area contributed by atoms with Gasteiger partial charge in [0.2, 0.25) is 5.95 Å². The highest BCUT2D eigenvalue weighted by Gasteiger charge is 2.03. The molecule has 0 aliphatic rings. The molecular formula is C9H17N3. The smallest absolute Gasteiger partial charge is 0.203 e. The summed E-state index contributed by atoms with van der Waals surface area (Å²) in [5, 5.41) is 3.28. The van der Waals surface area contributed by atoms with E-state index in [2.05, 4.69) is 35.6 Å². The molecule has 68 valence electrons. The average molecular weight is 167 g/mol. The molecule has 0 amide bonds. The zero-order valence-electron chi connectivity index (χ0n) is 8.04. The quantitative estimate of drug-likeness (QED) is 0.745. The second-order valence-corrected chi connectivity index (χ2v) is 3.18. The predicted molar refractivity (Wildman–Crippen MR) is 51.4 cm³/mol. The Balaban J connectivity index is 2.64. The maximum Gasteiger partial charge on any atom is 0.203 e. The average Bonchev–Trinajstić information content (AvgIpc) is 2.48. The molecular weight excluding hydrogens is 150 g/mol. The fraction of sp³-hybridized carbons (Fsp3) is 0.667. The predicted octanol–water partition coefficient (Wildman–Crippen LogP) is 2.29. The van der Waals surface area contributed by atoms with Gasteiger partial charge in [0.1, 0.15) is 0 Å². The van der Waals surface area contributed by atoms with Crippen LogP contribution in [0.3, 0.4) is 0 Å². The van der Waals surface area contributed by atoms with Crippen LogP contribution >= 0.6 is 0 Å². The minimum absolute atomic E-state index is 0.479. The fourth-order valence-electron chi connectivity index (χ4n) is 1.10.